The van der Waals surface area contributed by atoms with E-state index in [1.807, 2.05) is 54.6 Å². The Bertz CT molecular complexity index is 946. The number of para-hydroxylation sites is 1. The number of nitrogens with two attached hydrogens (primary N) is 1. The molecule has 0 fully saturated rings. The monoisotopic (exact) mass is 302 g/mol. The van der Waals surface area contributed by atoms with E-state index in [-0.39, 0.29) is 0 Å². The summed E-state index contributed by atoms with van der Waals surface area (Å²) >= 11 is 0. The van der Waals surface area contributed by atoms with E-state index >= 15 is 0 Å². The van der Waals surface area contributed by atoms with Gasteiger partial charge < -0.3 is 10.5 Å². The average molecular weight is 302 g/mol. The molecular formula is C18H14N4O. The van der Waals surface area contributed by atoms with E-state index in [4.69, 9.17) is 10.5 Å². The van der Waals surface area contributed by atoms with Crippen LogP contribution in [0.4, 0.5) is 5.82 Å². The number of anilines is 1. The fourth-order valence-electron chi connectivity index (χ4n) is 2.54. The number of nitrogens with one attached hydrogen (secondary N) is 1. The van der Waals surface area contributed by atoms with Crippen molar-refractivity contribution in [2.75, 3.05) is 5.73 Å². The molecule has 0 radical (unpaired) electrons. The first-order valence-electron chi connectivity index (χ1n) is 7.22. The van der Waals surface area contributed by atoms with E-state index < -0.39 is 0 Å². The number of H-pyrrole nitrogens is 1. The largest absolute Gasteiger partial charge is 0.457 e. The highest BCUT2D eigenvalue weighted by atomic mass is 16.5. The summed E-state index contributed by atoms with van der Waals surface area (Å²) in [7, 11) is 0. The number of fused-ring (bicyclic) bond motifs is 1. The van der Waals surface area contributed by atoms with Crippen molar-refractivity contribution in [1.29, 1.82) is 0 Å². The first kappa shape index (κ1) is 13.3. The number of hydrogen-bond acceptors (Lipinski definition) is 4. The lowest BCUT2D eigenvalue weighted by atomic mass is 10.0. The second-order valence-electron chi connectivity index (χ2n) is 5.16. The fraction of sp³-hybridized carbons (Fsp3) is 0. The predicted octanol–water partition coefficient (Wildman–Crippen LogP) is 4.00. The van der Waals surface area contributed by atoms with Crippen LogP contribution in [0.25, 0.3) is 22.0 Å². The van der Waals surface area contributed by atoms with Crippen LogP contribution in [0.15, 0.2) is 67.0 Å². The van der Waals surface area contributed by atoms with Crippen molar-refractivity contribution >= 4 is 16.7 Å². The molecule has 2 aromatic carbocycles. The Hall–Kier alpha value is -3.34. The number of hydrogen-bond donors (Lipinski definition) is 2. The van der Waals surface area contributed by atoms with Crippen LogP contribution in [-0.4, -0.2) is 15.2 Å². The molecule has 0 unspecified atom stereocenters. The van der Waals surface area contributed by atoms with Crippen molar-refractivity contribution in [2.45, 2.75) is 0 Å². The molecule has 5 nitrogen and oxygen atoms in total. The molecule has 3 N–H and O–H groups in total. The first-order chi connectivity index (χ1) is 11.3. The summed E-state index contributed by atoms with van der Waals surface area (Å²) < 4.78 is 5.81. The molecule has 4 aromatic rings. The Morgan fingerprint density at radius 1 is 0.870 bits per heavy atom. The Balaban J connectivity index is 1.69. The van der Waals surface area contributed by atoms with Crippen LogP contribution in [0.3, 0.4) is 0 Å². The van der Waals surface area contributed by atoms with E-state index in [9.17, 15) is 0 Å². The molecule has 0 aliphatic rings. The van der Waals surface area contributed by atoms with Crippen molar-refractivity contribution in [1.82, 2.24) is 15.2 Å². The van der Waals surface area contributed by atoms with Gasteiger partial charge in [0.1, 0.15) is 11.5 Å². The smallest absolute Gasteiger partial charge is 0.153 e. The van der Waals surface area contributed by atoms with Crippen molar-refractivity contribution in [3.05, 3.63) is 67.0 Å². The van der Waals surface area contributed by atoms with Gasteiger partial charge >= 0.3 is 0 Å². The van der Waals surface area contributed by atoms with Crippen LogP contribution < -0.4 is 10.5 Å². The molecule has 0 saturated heterocycles. The van der Waals surface area contributed by atoms with Crippen LogP contribution in [0.5, 0.6) is 11.5 Å². The van der Waals surface area contributed by atoms with Crippen LogP contribution in [0.1, 0.15) is 0 Å². The molecular weight excluding hydrogens is 288 g/mol. The van der Waals surface area contributed by atoms with Crippen LogP contribution in [-0.2, 0) is 0 Å². The third-order valence-corrected chi connectivity index (χ3v) is 3.64. The summed E-state index contributed by atoms with van der Waals surface area (Å²) in [6, 6.07) is 17.5. The van der Waals surface area contributed by atoms with E-state index in [1.54, 1.807) is 12.4 Å². The Kier molecular flexibility index (Phi) is 3.16. The maximum atomic E-state index is 5.95. The number of pyridine rings is 1. The van der Waals surface area contributed by atoms with E-state index in [2.05, 4.69) is 15.2 Å². The van der Waals surface area contributed by atoms with Gasteiger partial charge in [-0.05, 0) is 29.8 Å². The van der Waals surface area contributed by atoms with Gasteiger partial charge in [-0.15, -0.1) is 0 Å². The van der Waals surface area contributed by atoms with Gasteiger partial charge in [0, 0.05) is 11.8 Å². The Morgan fingerprint density at radius 3 is 2.39 bits per heavy atom. The molecule has 2 heterocycles. The quantitative estimate of drug-likeness (QED) is 0.599. The van der Waals surface area contributed by atoms with Gasteiger partial charge in [-0.2, -0.15) is 5.10 Å². The summed E-state index contributed by atoms with van der Waals surface area (Å²) in [5.74, 6) is 2.06. The van der Waals surface area contributed by atoms with E-state index in [0.717, 1.165) is 33.5 Å². The van der Waals surface area contributed by atoms with Crippen molar-refractivity contribution in [3.8, 4) is 22.6 Å². The maximum absolute atomic E-state index is 5.95. The molecule has 0 aliphatic heterocycles. The summed E-state index contributed by atoms with van der Waals surface area (Å²) in [5, 5.41) is 7.81. The average Bonchev–Trinajstić information content (AvgIpc) is 2.98. The minimum Gasteiger partial charge on any atom is -0.457 e. The van der Waals surface area contributed by atoms with Gasteiger partial charge in [0.15, 0.2) is 5.82 Å². The SMILES string of the molecule is Nc1n[nH]c2cncc(-c3ccc(Oc4ccccc4)cc3)c12. The normalized spacial score (nSPS) is 10.8. The van der Waals surface area contributed by atoms with Crippen molar-refractivity contribution in [2.24, 2.45) is 0 Å². The zero-order valence-corrected chi connectivity index (χ0v) is 12.2. The molecule has 5 heteroatoms. The topological polar surface area (TPSA) is 76.8 Å². The molecule has 0 spiro atoms. The van der Waals surface area contributed by atoms with Gasteiger partial charge in [0.05, 0.1) is 17.1 Å². The lowest BCUT2D eigenvalue weighted by Gasteiger charge is -2.07. The maximum Gasteiger partial charge on any atom is 0.153 e. The summed E-state index contributed by atoms with van der Waals surface area (Å²) in [6.45, 7) is 0. The highest BCUT2D eigenvalue weighted by Crippen LogP contribution is 2.32. The molecule has 2 aromatic heterocycles. The Labute approximate surface area is 132 Å². The van der Waals surface area contributed by atoms with Crippen LogP contribution >= 0.6 is 0 Å². The minimum atomic E-state index is 0.474. The molecule has 4 rings (SSSR count). The molecule has 0 aliphatic carbocycles. The van der Waals surface area contributed by atoms with Gasteiger partial charge in [0.25, 0.3) is 0 Å². The number of nitrogens with zero attached hydrogens (tertiary/aromatic N) is 2. The number of rotatable bonds is 3. The zero-order chi connectivity index (χ0) is 15.6. The van der Waals surface area contributed by atoms with Gasteiger partial charge in [-0.3, -0.25) is 10.1 Å². The summed E-state index contributed by atoms with van der Waals surface area (Å²) in [5.41, 5.74) is 8.73. The minimum absolute atomic E-state index is 0.474. The van der Waals surface area contributed by atoms with Crippen LogP contribution in [0.2, 0.25) is 0 Å². The Morgan fingerprint density at radius 2 is 1.61 bits per heavy atom. The molecule has 0 saturated carbocycles. The van der Waals surface area contributed by atoms with Crippen molar-refractivity contribution in [3.63, 3.8) is 0 Å². The second kappa shape index (κ2) is 5.46. The molecule has 0 bridgehead atoms. The van der Waals surface area contributed by atoms with Gasteiger partial charge in [-0.25, -0.2) is 0 Å². The second-order valence-corrected chi connectivity index (χ2v) is 5.16. The third-order valence-electron chi connectivity index (χ3n) is 3.64. The number of ether oxygens (including phenoxy) is 1. The van der Waals surface area contributed by atoms with Gasteiger partial charge in [-0.1, -0.05) is 30.3 Å². The molecule has 23 heavy (non-hydrogen) atoms. The lowest BCUT2D eigenvalue weighted by molar-refractivity contribution is 0.483. The molecule has 0 amide bonds. The highest BCUT2D eigenvalue weighted by Gasteiger charge is 2.10. The number of aromatic nitrogens is 3. The van der Waals surface area contributed by atoms with E-state index in [0.29, 0.717) is 5.82 Å². The first-order valence-corrected chi connectivity index (χ1v) is 7.22. The summed E-state index contributed by atoms with van der Waals surface area (Å²) in [6.07, 6.45) is 3.51. The van der Waals surface area contributed by atoms with E-state index in [1.165, 1.54) is 0 Å². The zero-order valence-electron chi connectivity index (χ0n) is 12.2. The third kappa shape index (κ3) is 2.48. The molecule has 112 valence electrons. The van der Waals surface area contributed by atoms with Crippen molar-refractivity contribution < 1.29 is 4.74 Å². The fourth-order valence-corrected chi connectivity index (χ4v) is 2.54. The lowest BCUT2D eigenvalue weighted by Crippen LogP contribution is -1.88. The van der Waals surface area contributed by atoms with Crippen LogP contribution in [0, 0.1) is 0 Å². The standard InChI is InChI=1S/C18H14N4O/c19-18-17-15(10-20-11-16(17)21-22-18)12-6-8-14(9-7-12)23-13-4-2-1-3-5-13/h1-11H,(H3,19,21,22). The number of nitrogen functional groups attached to an aromatic ring is 1. The number of aromatic amines is 1. The predicted molar refractivity (Wildman–Crippen MR) is 90.3 cm³/mol. The summed E-state index contributed by atoms with van der Waals surface area (Å²) in [4.78, 5) is 4.23. The number of benzene rings is 2. The highest BCUT2D eigenvalue weighted by molar-refractivity contribution is 6.00. The molecule has 0 atom stereocenters. The van der Waals surface area contributed by atoms with Gasteiger partial charge in [0.2, 0.25) is 0 Å².